The molecule has 0 saturated heterocycles. The number of rotatable bonds is 7. The van der Waals surface area contributed by atoms with Crippen LogP contribution in [0.4, 0.5) is 14.5 Å². The first-order valence-corrected chi connectivity index (χ1v) is 8.94. The number of anilines is 1. The quantitative estimate of drug-likeness (QED) is 0.579. The van der Waals surface area contributed by atoms with Gasteiger partial charge in [0.2, 0.25) is 5.91 Å². The summed E-state index contributed by atoms with van der Waals surface area (Å²) in [4.78, 5) is 24.8. The van der Waals surface area contributed by atoms with Crippen molar-refractivity contribution in [3.05, 3.63) is 65.7 Å². The molecular formula is C22H19F2NO5. The zero-order chi connectivity index (χ0) is 21.7. The minimum absolute atomic E-state index is 0.0129. The topological polar surface area (TPSA) is 73.9 Å². The Morgan fingerprint density at radius 3 is 2.43 bits per heavy atom. The number of carbonyl (C=O) groups is 2. The molecule has 0 fully saturated rings. The van der Waals surface area contributed by atoms with Crippen LogP contribution >= 0.6 is 0 Å². The van der Waals surface area contributed by atoms with Crippen LogP contribution in [-0.4, -0.2) is 32.7 Å². The summed E-state index contributed by atoms with van der Waals surface area (Å²) < 4.78 is 39.6. The fourth-order valence-corrected chi connectivity index (χ4v) is 3.10. The van der Waals surface area contributed by atoms with E-state index in [9.17, 15) is 18.4 Å². The number of alkyl halides is 2. The van der Waals surface area contributed by atoms with Crippen LogP contribution in [0.2, 0.25) is 0 Å². The van der Waals surface area contributed by atoms with Crippen molar-refractivity contribution in [2.24, 2.45) is 0 Å². The lowest BCUT2D eigenvalue weighted by atomic mass is 10.0. The van der Waals surface area contributed by atoms with Gasteiger partial charge in [0.1, 0.15) is 0 Å². The standard InChI is InChI=1S/C22H19F2NO5/c1-28-18-11-16(21(27)29-2)17(12-19(18)30-22(23)24)25-20(26)10-14-8-5-7-13-6-3-4-9-15(13)14/h3-9,11-12,22H,10H2,1-2H3,(H,25,26). The molecule has 0 aliphatic heterocycles. The second-order valence-corrected chi connectivity index (χ2v) is 6.28. The molecule has 156 valence electrons. The minimum atomic E-state index is -3.11. The second kappa shape index (κ2) is 9.21. The minimum Gasteiger partial charge on any atom is -0.493 e. The predicted octanol–water partition coefficient (Wildman–Crippen LogP) is 4.42. The van der Waals surface area contributed by atoms with Crippen molar-refractivity contribution in [2.45, 2.75) is 13.0 Å². The van der Waals surface area contributed by atoms with Crippen LogP contribution in [0.5, 0.6) is 11.5 Å². The van der Waals surface area contributed by atoms with E-state index in [1.807, 2.05) is 42.5 Å². The number of benzene rings is 3. The van der Waals surface area contributed by atoms with E-state index >= 15 is 0 Å². The fraction of sp³-hybridized carbons (Fsp3) is 0.182. The molecule has 0 aliphatic carbocycles. The lowest BCUT2D eigenvalue weighted by Crippen LogP contribution is -2.18. The van der Waals surface area contributed by atoms with Crippen molar-refractivity contribution in [3.63, 3.8) is 0 Å². The molecule has 1 amide bonds. The van der Waals surface area contributed by atoms with E-state index in [0.29, 0.717) is 0 Å². The van der Waals surface area contributed by atoms with Crippen molar-refractivity contribution in [2.75, 3.05) is 19.5 Å². The highest BCUT2D eigenvalue weighted by Crippen LogP contribution is 2.35. The van der Waals surface area contributed by atoms with Crippen LogP contribution in [0.1, 0.15) is 15.9 Å². The van der Waals surface area contributed by atoms with Gasteiger partial charge in [-0.25, -0.2) is 4.79 Å². The van der Waals surface area contributed by atoms with Gasteiger partial charge in [-0.1, -0.05) is 42.5 Å². The third-order valence-corrected chi connectivity index (χ3v) is 4.43. The van der Waals surface area contributed by atoms with Gasteiger partial charge in [-0.05, 0) is 16.3 Å². The summed E-state index contributed by atoms with van der Waals surface area (Å²) in [6.07, 6.45) is 0.0129. The van der Waals surface area contributed by atoms with Gasteiger partial charge in [0, 0.05) is 12.1 Å². The van der Waals surface area contributed by atoms with Gasteiger partial charge >= 0.3 is 12.6 Å². The fourth-order valence-electron chi connectivity index (χ4n) is 3.10. The normalized spacial score (nSPS) is 10.7. The number of ether oxygens (including phenoxy) is 3. The Morgan fingerprint density at radius 2 is 1.73 bits per heavy atom. The molecule has 0 aromatic heterocycles. The summed E-state index contributed by atoms with van der Waals surface area (Å²) in [6.45, 7) is -3.11. The highest BCUT2D eigenvalue weighted by molar-refractivity contribution is 6.03. The lowest BCUT2D eigenvalue weighted by molar-refractivity contribution is -0.115. The molecule has 30 heavy (non-hydrogen) atoms. The highest BCUT2D eigenvalue weighted by atomic mass is 19.3. The van der Waals surface area contributed by atoms with Crippen molar-refractivity contribution in [1.29, 1.82) is 0 Å². The Kier molecular flexibility index (Phi) is 6.46. The molecule has 0 spiro atoms. The molecule has 0 aliphatic rings. The molecule has 1 N–H and O–H groups in total. The molecule has 0 radical (unpaired) electrons. The third-order valence-electron chi connectivity index (χ3n) is 4.43. The number of fused-ring (bicyclic) bond motifs is 1. The van der Waals surface area contributed by atoms with Crippen LogP contribution in [0, 0.1) is 0 Å². The molecule has 0 atom stereocenters. The van der Waals surface area contributed by atoms with E-state index < -0.39 is 18.5 Å². The third kappa shape index (κ3) is 4.65. The number of nitrogens with one attached hydrogen (secondary N) is 1. The number of esters is 1. The van der Waals surface area contributed by atoms with Crippen molar-refractivity contribution in [3.8, 4) is 11.5 Å². The Labute approximate surface area is 171 Å². The number of methoxy groups -OCH3 is 2. The smallest absolute Gasteiger partial charge is 0.387 e. The largest absolute Gasteiger partial charge is 0.493 e. The zero-order valence-corrected chi connectivity index (χ0v) is 16.3. The number of carbonyl (C=O) groups excluding carboxylic acids is 2. The predicted molar refractivity (Wildman–Crippen MR) is 107 cm³/mol. The van der Waals surface area contributed by atoms with Gasteiger partial charge in [-0.2, -0.15) is 8.78 Å². The van der Waals surface area contributed by atoms with Crippen molar-refractivity contribution >= 4 is 28.3 Å². The first-order valence-electron chi connectivity index (χ1n) is 8.94. The number of halogens is 2. The molecule has 0 saturated carbocycles. The summed E-state index contributed by atoms with van der Waals surface area (Å²) in [5.41, 5.74) is 0.702. The van der Waals surface area contributed by atoms with Crippen LogP contribution in [0.15, 0.2) is 54.6 Å². The number of hydrogen-bond acceptors (Lipinski definition) is 5. The average molecular weight is 415 g/mol. The molecule has 8 heteroatoms. The van der Waals surface area contributed by atoms with Gasteiger partial charge in [-0.3, -0.25) is 4.79 Å². The monoisotopic (exact) mass is 415 g/mol. The molecule has 6 nitrogen and oxygen atoms in total. The Hall–Kier alpha value is -3.68. The Balaban J connectivity index is 1.93. The number of amides is 1. The SMILES string of the molecule is COC(=O)c1cc(OC)c(OC(F)F)cc1NC(=O)Cc1cccc2ccccc12. The summed E-state index contributed by atoms with van der Waals surface area (Å²) >= 11 is 0. The average Bonchev–Trinajstić information content (AvgIpc) is 2.73. The van der Waals surface area contributed by atoms with Crippen LogP contribution in [0.25, 0.3) is 10.8 Å². The van der Waals surface area contributed by atoms with E-state index in [-0.39, 0.29) is 29.2 Å². The van der Waals surface area contributed by atoms with E-state index in [1.54, 1.807) is 0 Å². The highest BCUT2D eigenvalue weighted by Gasteiger charge is 2.21. The van der Waals surface area contributed by atoms with Gasteiger partial charge in [0.25, 0.3) is 0 Å². The zero-order valence-electron chi connectivity index (χ0n) is 16.3. The van der Waals surface area contributed by atoms with Crippen molar-refractivity contribution in [1.82, 2.24) is 0 Å². The summed E-state index contributed by atoms with van der Waals surface area (Å²) in [5, 5.41) is 4.48. The van der Waals surface area contributed by atoms with Crippen LogP contribution < -0.4 is 14.8 Å². The molecule has 0 bridgehead atoms. The maximum atomic E-state index is 12.7. The molecule has 3 aromatic carbocycles. The second-order valence-electron chi connectivity index (χ2n) is 6.28. The molecule has 3 rings (SSSR count). The van der Waals surface area contributed by atoms with Gasteiger partial charge in [0.05, 0.1) is 31.9 Å². The van der Waals surface area contributed by atoms with Gasteiger partial charge in [-0.15, -0.1) is 0 Å². The van der Waals surface area contributed by atoms with E-state index in [1.165, 1.54) is 20.3 Å². The van der Waals surface area contributed by atoms with E-state index in [2.05, 4.69) is 10.1 Å². The first-order chi connectivity index (χ1) is 14.4. The summed E-state index contributed by atoms with van der Waals surface area (Å²) in [5.74, 6) is -1.62. The van der Waals surface area contributed by atoms with E-state index in [0.717, 1.165) is 22.4 Å². The summed E-state index contributed by atoms with van der Waals surface area (Å²) in [7, 11) is 2.41. The maximum Gasteiger partial charge on any atom is 0.387 e. The van der Waals surface area contributed by atoms with Crippen molar-refractivity contribution < 1.29 is 32.6 Å². The molecular weight excluding hydrogens is 396 g/mol. The Bertz CT molecular complexity index is 1080. The molecule has 0 unspecified atom stereocenters. The first kappa shape index (κ1) is 21.0. The van der Waals surface area contributed by atoms with Crippen LogP contribution in [0.3, 0.4) is 0 Å². The Morgan fingerprint density at radius 1 is 1.00 bits per heavy atom. The maximum absolute atomic E-state index is 12.7. The van der Waals surface area contributed by atoms with Gasteiger partial charge < -0.3 is 19.5 Å². The molecule has 3 aromatic rings. The van der Waals surface area contributed by atoms with E-state index in [4.69, 9.17) is 9.47 Å². The lowest BCUT2D eigenvalue weighted by Gasteiger charge is -2.16. The van der Waals surface area contributed by atoms with Gasteiger partial charge in [0.15, 0.2) is 11.5 Å². The van der Waals surface area contributed by atoms with Crippen LogP contribution in [-0.2, 0) is 16.0 Å². The molecule has 0 heterocycles. The summed E-state index contributed by atoms with van der Waals surface area (Å²) in [6, 6.07) is 15.5. The number of hydrogen-bond donors (Lipinski definition) is 1.